The van der Waals surface area contributed by atoms with Crippen molar-refractivity contribution in [3.63, 3.8) is 0 Å². The van der Waals surface area contributed by atoms with Crippen molar-refractivity contribution in [2.45, 2.75) is 39.7 Å². The fourth-order valence-corrected chi connectivity index (χ4v) is 2.23. The Labute approximate surface area is 110 Å². The van der Waals surface area contributed by atoms with E-state index in [0.29, 0.717) is 6.04 Å². The van der Waals surface area contributed by atoms with Crippen LogP contribution in [-0.4, -0.2) is 10.7 Å². The minimum absolute atomic E-state index is 0.470. The van der Waals surface area contributed by atoms with Crippen molar-refractivity contribution in [1.82, 2.24) is 4.68 Å². The van der Waals surface area contributed by atoms with Crippen LogP contribution in [0.15, 0.2) is 42.5 Å². The lowest BCUT2D eigenvalue weighted by Gasteiger charge is -2.22. The quantitative estimate of drug-likeness (QED) is 0.846. The number of aryl methyl sites for hydroxylation is 2. The molecule has 1 atom stereocenters. The van der Waals surface area contributed by atoms with Gasteiger partial charge in [-0.25, -0.2) is 0 Å². The standard InChI is InChI=1S/C16H22N2/c1-4-16(12-15-8-6-5-7-9-15)17-18-13(2)10-11-14(18)3/h5-11,16-17H,4,12H2,1-3H3. The minimum Gasteiger partial charge on any atom is -0.323 e. The number of hydrogen-bond acceptors (Lipinski definition) is 1. The summed E-state index contributed by atoms with van der Waals surface area (Å²) in [6.07, 6.45) is 2.18. The first-order valence-electron chi connectivity index (χ1n) is 6.66. The van der Waals surface area contributed by atoms with Crippen LogP contribution < -0.4 is 5.43 Å². The van der Waals surface area contributed by atoms with E-state index >= 15 is 0 Å². The van der Waals surface area contributed by atoms with Crippen molar-refractivity contribution in [3.8, 4) is 0 Å². The number of hydrogen-bond donors (Lipinski definition) is 1. The van der Waals surface area contributed by atoms with E-state index in [2.05, 4.69) is 73.3 Å². The molecule has 2 nitrogen and oxygen atoms in total. The third-order valence-electron chi connectivity index (χ3n) is 3.40. The predicted molar refractivity (Wildman–Crippen MR) is 77.5 cm³/mol. The summed E-state index contributed by atoms with van der Waals surface area (Å²) in [7, 11) is 0. The smallest absolute Gasteiger partial charge is 0.0462 e. The van der Waals surface area contributed by atoms with Crippen molar-refractivity contribution >= 4 is 0 Å². The SMILES string of the molecule is CCC(Cc1ccccc1)Nn1c(C)ccc1C. The van der Waals surface area contributed by atoms with Crippen LogP contribution in [0, 0.1) is 13.8 Å². The molecule has 1 N–H and O–H groups in total. The van der Waals surface area contributed by atoms with Crippen LogP contribution in [0.3, 0.4) is 0 Å². The Morgan fingerprint density at radius 2 is 1.61 bits per heavy atom. The summed E-state index contributed by atoms with van der Waals surface area (Å²) in [5, 5.41) is 0. The van der Waals surface area contributed by atoms with Crippen LogP contribution >= 0.6 is 0 Å². The maximum absolute atomic E-state index is 3.61. The van der Waals surface area contributed by atoms with Crippen LogP contribution in [-0.2, 0) is 6.42 Å². The van der Waals surface area contributed by atoms with Gasteiger partial charge in [0.15, 0.2) is 0 Å². The molecule has 0 fully saturated rings. The van der Waals surface area contributed by atoms with E-state index in [4.69, 9.17) is 0 Å². The predicted octanol–water partition coefficient (Wildman–Crippen LogP) is 3.67. The van der Waals surface area contributed by atoms with E-state index in [1.807, 2.05) is 0 Å². The molecule has 1 unspecified atom stereocenters. The first-order valence-corrected chi connectivity index (χ1v) is 6.66. The summed E-state index contributed by atoms with van der Waals surface area (Å²) in [4.78, 5) is 0. The highest BCUT2D eigenvalue weighted by molar-refractivity contribution is 5.19. The number of aromatic nitrogens is 1. The lowest BCUT2D eigenvalue weighted by atomic mass is 10.0. The third-order valence-corrected chi connectivity index (χ3v) is 3.40. The van der Waals surface area contributed by atoms with E-state index in [1.54, 1.807) is 0 Å². The first-order chi connectivity index (χ1) is 8.70. The zero-order valence-corrected chi connectivity index (χ0v) is 11.5. The van der Waals surface area contributed by atoms with E-state index in [1.165, 1.54) is 17.0 Å². The molecule has 0 radical (unpaired) electrons. The van der Waals surface area contributed by atoms with E-state index in [-0.39, 0.29) is 0 Å². The molecule has 0 spiro atoms. The van der Waals surface area contributed by atoms with E-state index in [0.717, 1.165) is 12.8 Å². The summed E-state index contributed by atoms with van der Waals surface area (Å²) in [5.41, 5.74) is 7.52. The van der Waals surface area contributed by atoms with Crippen LogP contribution in [0.1, 0.15) is 30.3 Å². The molecule has 2 rings (SSSR count). The maximum atomic E-state index is 3.61. The molecule has 1 aromatic carbocycles. The molecule has 0 aliphatic heterocycles. The van der Waals surface area contributed by atoms with Gasteiger partial charge in [0.2, 0.25) is 0 Å². The molecule has 1 heterocycles. The monoisotopic (exact) mass is 242 g/mol. The zero-order valence-electron chi connectivity index (χ0n) is 11.5. The number of nitrogens with zero attached hydrogens (tertiary/aromatic N) is 1. The van der Waals surface area contributed by atoms with Gasteiger partial charge in [-0.1, -0.05) is 37.3 Å². The highest BCUT2D eigenvalue weighted by atomic mass is 15.4. The van der Waals surface area contributed by atoms with Crippen molar-refractivity contribution in [1.29, 1.82) is 0 Å². The molecule has 2 heteroatoms. The Morgan fingerprint density at radius 1 is 1.00 bits per heavy atom. The fourth-order valence-electron chi connectivity index (χ4n) is 2.23. The van der Waals surface area contributed by atoms with Gasteiger partial charge >= 0.3 is 0 Å². The number of benzene rings is 1. The highest BCUT2D eigenvalue weighted by Crippen LogP contribution is 2.10. The Kier molecular flexibility index (Phi) is 4.08. The summed E-state index contributed by atoms with van der Waals surface area (Å²) < 4.78 is 2.19. The van der Waals surface area contributed by atoms with Gasteiger partial charge in [-0.15, -0.1) is 0 Å². The van der Waals surface area contributed by atoms with Gasteiger partial charge in [0.05, 0.1) is 0 Å². The minimum atomic E-state index is 0.470. The molecule has 18 heavy (non-hydrogen) atoms. The average Bonchev–Trinajstić information content (AvgIpc) is 2.70. The summed E-state index contributed by atoms with van der Waals surface area (Å²) >= 11 is 0. The second kappa shape index (κ2) is 5.76. The Bertz CT molecular complexity index is 466. The normalized spacial score (nSPS) is 12.4. The van der Waals surface area contributed by atoms with Crippen LogP contribution in [0.2, 0.25) is 0 Å². The summed E-state index contributed by atoms with van der Waals surface area (Å²) in [5.74, 6) is 0. The molecule has 0 aliphatic carbocycles. The first kappa shape index (κ1) is 12.7. The van der Waals surface area contributed by atoms with Gasteiger partial charge in [0, 0.05) is 17.4 Å². The maximum Gasteiger partial charge on any atom is 0.0462 e. The topological polar surface area (TPSA) is 17.0 Å². The molecule has 96 valence electrons. The second-order valence-electron chi connectivity index (χ2n) is 4.88. The van der Waals surface area contributed by atoms with E-state index < -0.39 is 0 Å². The van der Waals surface area contributed by atoms with Crippen molar-refractivity contribution in [2.75, 3.05) is 5.43 Å². The van der Waals surface area contributed by atoms with Crippen molar-refractivity contribution in [2.24, 2.45) is 0 Å². The Hall–Kier alpha value is -1.70. The van der Waals surface area contributed by atoms with Crippen molar-refractivity contribution < 1.29 is 0 Å². The molecule has 2 aromatic rings. The number of rotatable bonds is 5. The lowest BCUT2D eigenvalue weighted by Crippen LogP contribution is -2.30. The molecule has 0 amide bonds. The highest BCUT2D eigenvalue weighted by Gasteiger charge is 2.09. The second-order valence-corrected chi connectivity index (χ2v) is 4.88. The Morgan fingerprint density at radius 3 is 2.17 bits per heavy atom. The van der Waals surface area contributed by atoms with Gasteiger partial charge in [0.1, 0.15) is 0 Å². The molecule has 0 bridgehead atoms. The molecule has 0 saturated carbocycles. The summed E-state index contributed by atoms with van der Waals surface area (Å²) in [6.45, 7) is 6.50. The van der Waals surface area contributed by atoms with Crippen LogP contribution in [0.5, 0.6) is 0 Å². The van der Waals surface area contributed by atoms with Gasteiger partial charge in [0.25, 0.3) is 0 Å². The molecule has 1 aromatic heterocycles. The van der Waals surface area contributed by atoms with Crippen LogP contribution in [0.4, 0.5) is 0 Å². The molecule has 0 aliphatic rings. The van der Waals surface area contributed by atoms with Gasteiger partial charge in [-0.2, -0.15) is 0 Å². The largest absolute Gasteiger partial charge is 0.323 e. The van der Waals surface area contributed by atoms with Gasteiger partial charge < -0.3 is 5.43 Å². The fraction of sp³-hybridized carbons (Fsp3) is 0.375. The molecular formula is C16H22N2. The van der Waals surface area contributed by atoms with Gasteiger partial charge in [-0.05, 0) is 44.4 Å². The van der Waals surface area contributed by atoms with Crippen molar-refractivity contribution in [3.05, 3.63) is 59.4 Å². The van der Waals surface area contributed by atoms with Gasteiger partial charge in [-0.3, -0.25) is 4.68 Å². The number of nitrogens with one attached hydrogen (secondary N) is 1. The zero-order chi connectivity index (χ0) is 13.0. The molecular weight excluding hydrogens is 220 g/mol. The lowest BCUT2D eigenvalue weighted by molar-refractivity contribution is 0.602. The Balaban J connectivity index is 2.06. The third kappa shape index (κ3) is 2.95. The van der Waals surface area contributed by atoms with Crippen LogP contribution in [0.25, 0.3) is 0 Å². The molecule has 0 saturated heterocycles. The van der Waals surface area contributed by atoms with E-state index in [9.17, 15) is 0 Å². The average molecular weight is 242 g/mol. The summed E-state index contributed by atoms with van der Waals surface area (Å²) in [6, 6.07) is 15.4.